The van der Waals surface area contributed by atoms with Crippen LogP contribution in [-0.2, 0) is 36.7 Å². The molecule has 0 amide bonds. The first-order valence-corrected chi connectivity index (χ1v) is 21.9. The summed E-state index contributed by atoms with van der Waals surface area (Å²) in [6.45, 7) is 28.1. The molecule has 6 heteroatoms. The number of benzene rings is 3. The third-order valence-corrected chi connectivity index (χ3v) is 14.8. The second-order valence-corrected chi connectivity index (χ2v) is 19.5. The number of thiophene rings is 2. The van der Waals surface area contributed by atoms with Crippen LogP contribution in [0.4, 0.5) is 0 Å². The van der Waals surface area contributed by atoms with Crippen LogP contribution in [-0.4, -0.2) is 15.9 Å². The first kappa shape index (κ1) is 45.6. The third-order valence-electron chi connectivity index (χ3n) is 12.1. The number of pyridine rings is 1. The van der Waals surface area contributed by atoms with E-state index in [-0.39, 0.29) is 47.9 Å². The number of hydrogen-bond donors (Lipinski definition) is 1. The molecule has 3 heterocycles. The number of carbonyl (C=O) groups excluding carboxylic acids is 1. The second kappa shape index (κ2) is 18.2. The van der Waals surface area contributed by atoms with Crippen LogP contribution in [0, 0.1) is 36.7 Å². The van der Waals surface area contributed by atoms with E-state index in [2.05, 4.69) is 109 Å². The van der Waals surface area contributed by atoms with Crippen molar-refractivity contribution in [1.29, 1.82) is 0 Å². The Morgan fingerprint density at radius 2 is 1.41 bits per heavy atom. The number of rotatable bonds is 11. The molecule has 0 atom stereocenters. The zero-order valence-electron chi connectivity index (χ0n) is 35.9. The fourth-order valence-corrected chi connectivity index (χ4v) is 10.00. The topological polar surface area (TPSA) is 50.2 Å². The van der Waals surface area contributed by atoms with Gasteiger partial charge in [-0.25, -0.2) is 0 Å². The summed E-state index contributed by atoms with van der Waals surface area (Å²) >= 11 is 3.83. The first-order chi connectivity index (χ1) is 25.9. The molecule has 3 nitrogen and oxygen atoms in total. The molecule has 301 valence electrons. The van der Waals surface area contributed by atoms with E-state index >= 15 is 0 Å². The van der Waals surface area contributed by atoms with Gasteiger partial charge in [0, 0.05) is 68.1 Å². The van der Waals surface area contributed by atoms with Gasteiger partial charge in [-0.3, -0.25) is 9.78 Å². The smallest absolute Gasteiger partial charge is 0.164 e. The van der Waals surface area contributed by atoms with Gasteiger partial charge >= 0.3 is 0 Å². The zero-order chi connectivity index (χ0) is 40.5. The van der Waals surface area contributed by atoms with Gasteiger partial charge in [-0.2, -0.15) is 0 Å². The van der Waals surface area contributed by atoms with Gasteiger partial charge in [0.15, 0.2) is 5.78 Å². The molecular formula is C50H62IrNO2S2-. The number of carbonyl (C=O) groups is 1. The summed E-state index contributed by atoms with van der Waals surface area (Å²) in [6, 6.07) is 23.9. The van der Waals surface area contributed by atoms with Crippen LogP contribution in [0.15, 0.2) is 72.6 Å². The van der Waals surface area contributed by atoms with Crippen LogP contribution in [0.5, 0.6) is 0 Å². The molecule has 0 unspecified atom stereocenters. The summed E-state index contributed by atoms with van der Waals surface area (Å²) in [4.78, 5) is 19.9. The molecule has 1 radical (unpaired) electrons. The summed E-state index contributed by atoms with van der Waals surface area (Å²) in [5.74, 6) is 0.945. The number of aryl methyl sites for hydroxylation is 2. The van der Waals surface area contributed by atoms with Crippen LogP contribution >= 0.6 is 22.7 Å². The molecule has 0 aliphatic carbocycles. The maximum absolute atomic E-state index is 12.2. The van der Waals surface area contributed by atoms with E-state index in [0.29, 0.717) is 5.92 Å². The molecule has 6 aromatic rings. The number of nitrogens with zero attached hydrogens (tertiary/aromatic N) is 1. The minimum absolute atomic E-state index is 0. The second-order valence-electron chi connectivity index (χ2n) is 17.4. The van der Waals surface area contributed by atoms with Crippen LogP contribution in [0.2, 0.25) is 0 Å². The Labute approximate surface area is 358 Å². The maximum Gasteiger partial charge on any atom is 0.164 e. The van der Waals surface area contributed by atoms with Gasteiger partial charge in [-0.15, -0.1) is 51.8 Å². The molecule has 6 rings (SSSR count). The van der Waals surface area contributed by atoms with Gasteiger partial charge in [-0.1, -0.05) is 117 Å². The Morgan fingerprint density at radius 3 is 2.02 bits per heavy atom. The minimum atomic E-state index is -0.337. The molecule has 0 saturated heterocycles. The quantitative estimate of drug-likeness (QED) is 0.0800. The third kappa shape index (κ3) is 9.25. The molecule has 3 aromatic heterocycles. The number of ketones is 1. The van der Waals surface area contributed by atoms with Crippen molar-refractivity contribution in [2.45, 2.75) is 128 Å². The van der Waals surface area contributed by atoms with Gasteiger partial charge in [0.05, 0.1) is 0 Å². The fourth-order valence-electron chi connectivity index (χ4n) is 7.36. The van der Waals surface area contributed by atoms with Crippen molar-refractivity contribution in [2.24, 2.45) is 16.7 Å². The van der Waals surface area contributed by atoms with E-state index in [1.54, 1.807) is 0 Å². The Morgan fingerprint density at radius 1 is 0.804 bits per heavy atom. The van der Waals surface area contributed by atoms with Crippen LogP contribution in [0.1, 0.15) is 124 Å². The molecule has 0 saturated carbocycles. The van der Waals surface area contributed by atoms with E-state index in [1.807, 2.05) is 70.4 Å². The van der Waals surface area contributed by atoms with Gasteiger partial charge in [-0.05, 0) is 96.9 Å². The molecule has 3 aromatic carbocycles. The van der Waals surface area contributed by atoms with Crippen LogP contribution in [0.3, 0.4) is 0 Å². The van der Waals surface area contributed by atoms with Gasteiger partial charge in [0.1, 0.15) is 5.76 Å². The average molecular weight is 965 g/mol. The number of fused-ring (bicyclic) bond motifs is 3. The Balaban J connectivity index is 0.000000330. The van der Waals surface area contributed by atoms with Gasteiger partial charge in [0.2, 0.25) is 0 Å². The summed E-state index contributed by atoms with van der Waals surface area (Å²) in [5, 5.41) is 15.2. The first-order valence-electron chi connectivity index (χ1n) is 20.2. The molecule has 0 spiro atoms. The monoisotopic (exact) mass is 965 g/mol. The van der Waals surface area contributed by atoms with Crippen molar-refractivity contribution in [3.05, 3.63) is 101 Å². The molecule has 1 N–H and O–H groups in total. The van der Waals surface area contributed by atoms with Crippen molar-refractivity contribution in [1.82, 2.24) is 4.98 Å². The maximum atomic E-state index is 12.2. The van der Waals surface area contributed by atoms with Crippen molar-refractivity contribution in [3.63, 3.8) is 0 Å². The average Bonchev–Trinajstić information content (AvgIpc) is 3.68. The fraction of sp³-hybridized carbons (Fsp3) is 0.440. The van der Waals surface area contributed by atoms with E-state index in [4.69, 9.17) is 4.98 Å². The van der Waals surface area contributed by atoms with Crippen LogP contribution in [0.25, 0.3) is 52.0 Å². The number of aromatic nitrogens is 1. The minimum Gasteiger partial charge on any atom is -0.512 e. The SMILES string of the molecule is CCC(C)(CC)C(=O)/C=C(\O)C(C)(CC)CC.Cc1c(-c2sc3ccnc(-c4[c-]c5ccccc5c(C(C)(C)C)c4)c3c2C)sc2ccc(CC(C)C)cc12.[Ir]. The zero-order valence-corrected chi connectivity index (χ0v) is 39.9. The van der Waals surface area contributed by atoms with E-state index in [0.717, 1.165) is 48.7 Å². The van der Waals surface area contributed by atoms with Crippen LogP contribution < -0.4 is 0 Å². The Hall–Kier alpha value is -3.15. The van der Waals surface area contributed by atoms with E-state index in [9.17, 15) is 9.90 Å². The van der Waals surface area contributed by atoms with Crippen molar-refractivity contribution in [2.75, 3.05) is 0 Å². The molecule has 0 aliphatic heterocycles. The summed E-state index contributed by atoms with van der Waals surface area (Å²) < 4.78 is 2.66. The van der Waals surface area contributed by atoms with Crippen molar-refractivity contribution in [3.8, 4) is 21.0 Å². The van der Waals surface area contributed by atoms with Crippen molar-refractivity contribution >= 4 is 59.4 Å². The molecular weight excluding hydrogens is 903 g/mol. The summed E-state index contributed by atoms with van der Waals surface area (Å²) in [6.07, 6.45) is 7.84. The molecule has 0 bridgehead atoms. The summed E-state index contributed by atoms with van der Waals surface area (Å²) in [5.41, 5.74) is 7.03. The van der Waals surface area contributed by atoms with E-state index < -0.39 is 0 Å². The number of aliphatic hydroxyl groups is 1. The summed E-state index contributed by atoms with van der Waals surface area (Å²) in [7, 11) is 0. The Bertz CT molecular complexity index is 2340. The largest absolute Gasteiger partial charge is 0.512 e. The number of aliphatic hydroxyl groups excluding tert-OH is 1. The Kier molecular flexibility index (Phi) is 14.8. The van der Waals surface area contributed by atoms with Crippen molar-refractivity contribution < 1.29 is 30.0 Å². The number of hydrogen-bond acceptors (Lipinski definition) is 5. The van der Waals surface area contributed by atoms with E-state index in [1.165, 1.54) is 63.6 Å². The predicted molar refractivity (Wildman–Crippen MR) is 242 cm³/mol. The standard InChI is InChI=1S/C35H34NS2.C15H28O2.Ir/c1-20(2)16-23-12-13-29-27(17-23)21(3)33(37-29)34-22(4)31-30(38-34)14-15-36-32(31)25-18-24-10-8-9-11-26(24)28(19-25)35(5,6)7;1-7-14(5,8-2)12(16)11-13(17)15(6,9-3)10-4;/h8-15,17,19-20H,16H2,1-7H3;11,16H,7-10H2,1-6H3;/q-1;;/b;12-11-;. The van der Waals surface area contributed by atoms with Gasteiger partial charge < -0.3 is 5.11 Å². The number of allylic oxidation sites excluding steroid dienone is 2. The normalized spacial score (nSPS) is 12.6. The molecule has 56 heavy (non-hydrogen) atoms. The molecule has 0 fully saturated rings. The molecule has 0 aliphatic rings. The van der Waals surface area contributed by atoms with Gasteiger partial charge in [0.25, 0.3) is 0 Å². The predicted octanol–water partition coefficient (Wildman–Crippen LogP) is 15.6.